The van der Waals surface area contributed by atoms with Crippen LogP contribution in [0.5, 0.6) is 17.2 Å². The molecular formula is C28H32Cl2N2O7. The van der Waals surface area contributed by atoms with Crippen LogP contribution in [0.2, 0.25) is 10.0 Å². The van der Waals surface area contributed by atoms with E-state index in [2.05, 4.69) is 5.32 Å². The first-order chi connectivity index (χ1) is 18.7. The molecule has 11 heteroatoms. The number of anilines is 1. The molecule has 39 heavy (non-hydrogen) atoms. The van der Waals surface area contributed by atoms with Crippen LogP contribution in [0, 0.1) is 11.8 Å². The van der Waals surface area contributed by atoms with Crippen molar-refractivity contribution in [2.24, 2.45) is 11.8 Å². The first-order valence-electron chi connectivity index (χ1n) is 13.0. The molecule has 210 valence electrons. The summed E-state index contributed by atoms with van der Waals surface area (Å²) in [6.45, 7) is 3.19. The summed E-state index contributed by atoms with van der Waals surface area (Å²) in [5, 5.41) is 3.33. The average Bonchev–Trinajstić information content (AvgIpc) is 3.53. The fraction of sp³-hybridized carbons (Fsp3) is 0.464. The number of hydrogen-bond acceptors (Lipinski definition) is 7. The highest BCUT2D eigenvalue weighted by molar-refractivity contribution is 6.37. The summed E-state index contributed by atoms with van der Waals surface area (Å²) in [6.07, 6.45) is 3.81. The topological polar surface area (TPSA) is 103 Å². The van der Waals surface area contributed by atoms with Crippen LogP contribution in [0.4, 0.5) is 10.5 Å². The summed E-state index contributed by atoms with van der Waals surface area (Å²) in [4.78, 5) is 38.9. The Kier molecular flexibility index (Phi) is 9.45. The molecule has 2 aliphatic carbocycles. The fourth-order valence-electron chi connectivity index (χ4n) is 5.31. The monoisotopic (exact) mass is 578 g/mol. The van der Waals surface area contributed by atoms with Gasteiger partial charge in [-0.3, -0.25) is 14.5 Å². The minimum absolute atomic E-state index is 0.0828. The zero-order valence-electron chi connectivity index (χ0n) is 22.1. The second kappa shape index (κ2) is 12.8. The van der Waals surface area contributed by atoms with Gasteiger partial charge in [-0.05, 0) is 75.3 Å². The molecule has 0 spiro atoms. The predicted molar refractivity (Wildman–Crippen MR) is 147 cm³/mol. The van der Waals surface area contributed by atoms with Gasteiger partial charge < -0.3 is 24.3 Å². The van der Waals surface area contributed by atoms with E-state index in [0.29, 0.717) is 28.9 Å². The first kappa shape index (κ1) is 28.8. The Morgan fingerprint density at radius 1 is 1.00 bits per heavy atom. The van der Waals surface area contributed by atoms with Crippen LogP contribution in [0.25, 0.3) is 0 Å². The van der Waals surface area contributed by atoms with Gasteiger partial charge in [0, 0.05) is 6.04 Å². The molecule has 1 N–H and O–H groups in total. The maximum Gasteiger partial charge on any atom is 0.414 e. The van der Waals surface area contributed by atoms with Gasteiger partial charge in [0.25, 0.3) is 5.91 Å². The number of esters is 1. The number of halogens is 2. The molecule has 2 bridgehead atoms. The van der Waals surface area contributed by atoms with Crippen LogP contribution in [-0.2, 0) is 14.3 Å². The van der Waals surface area contributed by atoms with Crippen molar-refractivity contribution >= 4 is 46.9 Å². The molecule has 0 saturated heterocycles. The molecule has 2 aliphatic rings. The van der Waals surface area contributed by atoms with Crippen molar-refractivity contribution in [1.82, 2.24) is 5.32 Å². The second-order valence-corrected chi connectivity index (χ2v) is 10.4. The summed E-state index contributed by atoms with van der Waals surface area (Å²) in [6, 6.07) is 7.89. The highest BCUT2D eigenvalue weighted by Gasteiger charge is 2.40. The first-order valence-corrected chi connectivity index (χ1v) is 13.7. The quantitative estimate of drug-likeness (QED) is 0.333. The number of hydrogen-bond donors (Lipinski definition) is 1. The van der Waals surface area contributed by atoms with Gasteiger partial charge in [0.05, 0.1) is 41.6 Å². The third kappa shape index (κ3) is 6.70. The smallest absolute Gasteiger partial charge is 0.414 e. The minimum Gasteiger partial charge on any atom is -0.496 e. The van der Waals surface area contributed by atoms with Crippen LogP contribution >= 0.6 is 23.2 Å². The summed E-state index contributed by atoms with van der Waals surface area (Å²) in [7, 11) is 1.50. The third-order valence-electron chi connectivity index (χ3n) is 7.07. The molecule has 0 radical (unpaired) electrons. The Hall–Kier alpha value is -3.17. The van der Waals surface area contributed by atoms with E-state index >= 15 is 0 Å². The number of ether oxygens (including phenoxy) is 4. The number of methoxy groups -OCH3 is 1. The molecule has 3 unspecified atom stereocenters. The Morgan fingerprint density at radius 3 is 2.31 bits per heavy atom. The third-order valence-corrected chi connectivity index (χ3v) is 7.63. The van der Waals surface area contributed by atoms with Gasteiger partial charge in [-0.25, -0.2) is 4.79 Å². The Labute approximate surface area is 237 Å². The minimum atomic E-state index is -0.757. The SMILES string of the molecule is CCOC(=O)CN(C(=O)OCC)c1cc(Cl)c(Oc2ccc(OC)c(C(=O)NC3CC4CCC3C4)c2)c(Cl)c1. The number of amides is 2. The predicted octanol–water partition coefficient (Wildman–Crippen LogP) is 6.24. The number of nitrogens with one attached hydrogen (secondary N) is 1. The second-order valence-electron chi connectivity index (χ2n) is 9.55. The molecule has 2 fully saturated rings. The van der Waals surface area contributed by atoms with Crippen molar-refractivity contribution < 1.29 is 33.3 Å². The number of fused-ring (bicyclic) bond motifs is 2. The summed E-state index contributed by atoms with van der Waals surface area (Å²) >= 11 is 13.0. The molecule has 3 atom stereocenters. The zero-order chi connectivity index (χ0) is 28.1. The zero-order valence-corrected chi connectivity index (χ0v) is 23.6. The summed E-state index contributed by atoms with van der Waals surface area (Å²) in [5.41, 5.74) is 0.564. The van der Waals surface area contributed by atoms with Gasteiger partial charge in [0.15, 0.2) is 5.75 Å². The lowest BCUT2D eigenvalue weighted by molar-refractivity contribution is -0.141. The van der Waals surface area contributed by atoms with E-state index in [-0.39, 0.29) is 53.2 Å². The van der Waals surface area contributed by atoms with E-state index in [4.69, 9.17) is 42.1 Å². The van der Waals surface area contributed by atoms with Crippen LogP contribution in [0.15, 0.2) is 30.3 Å². The lowest BCUT2D eigenvalue weighted by Crippen LogP contribution is -2.38. The number of nitrogens with zero attached hydrogens (tertiary/aromatic N) is 1. The molecule has 2 aromatic rings. The molecular weight excluding hydrogens is 547 g/mol. The van der Waals surface area contributed by atoms with Gasteiger partial charge in [0.2, 0.25) is 0 Å². The van der Waals surface area contributed by atoms with Gasteiger partial charge in [-0.2, -0.15) is 0 Å². The number of carbonyl (C=O) groups excluding carboxylic acids is 3. The molecule has 0 heterocycles. The number of rotatable bonds is 10. The highest BCUT2D eigenvalue weighted by Crippen LogP contribution is 2.45. The van der Waals surface area contributed by atoms with E-state index in [0.717, 1.165) is 17.7 Å². The lowest BCUT2D eigenvalue weighted by Gasteiger charge is -2.23. The molecule has 9 nitrogen and oxygen atoms in total. The van der Waals surface area contributed by atoms with E-state index < -0.39 is 12.1 Å². The lowest BCUT2D eigenvalue weighted by atomic mass is 9.95. The van der Waals surface area contributed by atoms with Crippen molar-refractivity contribution in [3.05, 3.63) is 45.9 Å². The van der Waals surface area contributed by atoms with E-state index in [1.165, 1.54) is 32.1 Å². The highest BCUT2D eigenvalue weighted by atomic mass is 35.5. The van der Waals surface area contributed by atoms with Crippen LogP contribution < -0.4 is 19.7 Å². The van der Waals surface area contributed by atoms with Gasteiger partial charge in [-0.15, -0.1) is 0 Å². The summed E-state index contributed by atoms with van der Waals surface area (Å²) < 4.78 is 21.5. The molecule has 0 aromatic heterocycles. The van der Waals surface area contributed by atoms with Crippen molar-refractivity contribution in [3.63, 3.8) is 0 Å². The van der Waals surface area contributed by atoms with Crippen LogP contribution in [-0.4, -0.2) is 50.9 Å². The standard InChI is InChI=1S/C28H32Cl2N2O7/c1-4-37-25(33)15-32(28(35)38-5-2)18-12-21(29)26(22(30)13-18)39-19-8-9-24(36-3)20(14-19)27(34)31-23-11-16-6-7-17(23)10-16/h8-9,12-14,16-17,23H,4-7,10-11,15H2,1-3H3,(H,31,34). The van der Waals surface area contributed by atoms with E-state index in [1.54, 1.807) is 32.0 Å². The van der Waals surface area contributed by atoms with Gasteiger partial charge >= 0.3 is 12.1 Å². The van der Waals surface area contributed by atoms with Crippen LogP contribution in [0.1, 0.15) is 49.9 Å². The molecule has 0 aliphatic heterocycles. The maximum absolute atomic E-state index is 13.2. The van der Waals surface area contributed by atoms with Crippen molar-refractivity contribution in [2.45, 2.75) is 45.6 Å². The Morgan fingerprint density at radius 2 is 1.72 bits per heavy atom. The maximum atomic E-state index is 13.2. The molecule has 2 saturated carbocycles. The Bertz CT molecular complexity index is 1220. The molecule has 4 rings (SSSR count). The van der Waals surface area contributed by atoms with Crippen LogP contribution in [0.3, 0.4) is 0 Å². The van der Waals surface area contributed by atoms with Crippen molar-refractivity contribution in [2.75, 3.05) is 31.8 Å². The number of carbonyl (C=O) groups is 3. The van der Waals surface area contributed by atoms with Crippen molar-refractivity contribution in [3.8, 4) is 17.2 Å². The van der Waals surface area contributed by atoms with E-state index in [9.17, 15) is 14.4 Å². The largest absolute Gasteiger partial charge is 0.496 e. The van der Waals surface area contributed by atoms with Gasteiger partial charge in [-0.1, -0.05) is 29.6 Å². The van der Waals surface area contributed by atoms with Gasteiger partial charge in [0.1, 0.15) is 18.0 Å². The normalized spacial score (nSPS) is 19.4. The van der Waals surface area contributed by atoms with Crippen molar-refractivity contribution in [1.29, 1.82) is 0 Å². The fourth-order valence-corrected chi connectivity index (χ4v) is 5.86. The Balaban J connectivity index is 1.55. The summed E-state index contributed by atoms with van der Waals surface area (Å²) in [5.74, 6) is 1.23. The average molecular weight is 579 g/mol. The molecule has 2 aromatic carbocycles. The number of benzene rings is 2. The van der Waals surface area contributed by atoms with E-state index in [1.807, 2.05) is 0 Å². The molecule has 2 amide bonds.